The van der Waals surface area contributed by atoms with Crippen LogP contribution >= 0.6 is 0 Å². The second-order valence-corrected chi connectivity index (χ2v) is 4.81. The van der Waals surface area contributed by atoms with Crippen LogP contribution < -0.4 is 0 Å². The summed E-state index contributed by atoms with van der Waals surface area (Å²) < 4.78 is 37.9. The Morgan fingerprint density at radius 2 is 2.12 bits per heavy atom. The van der Waals surface area contributed by atoms with E-state index in [1.54, 1.807) is 13.8 Å². The highest BCUT2D eigenvalue weighted by Crippen LogP contribution is 2.65. The molecule has 1 aliphatic rings. The van der Waals surface area contributed by atoms with Crippen LogP contribution in [0.4, 0.5) is 13.2 Å². The molecule has 1 saturated carbocycles. The highest BCUT2D eigenvalue weighted by Gasteiger charge is 2.64. The minimum absolute atomic E-state index is 0.0603. The lowest BCUT2D eigenvalue weighted by Crippen LogP contribution is -2.09. The normalized spacial score (nSPS) is 26.9. The van der Waals surface area contributed by atoms with Gasteiger partial charge in [-0.25, -0.2) is 0 Å². The van der Waals surface area contributed by atoms with Gasteiger partial charge in [0.2, 0.25) is 0 Å². The Labute approximate surface area is 94.8 Å². The maximum absolute atomic E-state index is 12.6. The predicted octanol–water partition coefficient (Wildman–Crippen LogP) is 2.25. The molecule has 7 heteroatoms. The number of halogens is 3. The summed E-state index contributed by atoms with van der Waals surface area (Å²) in [5.41, 5.74) is -1.68. The van der Waals surface area contributed by atoms with Crippen LogP contribution in [0.1, 0.15) is 31.0 Å². The van der Waals surface area contributed by atoms with E-state index in [9.17, 15) is 18.0 Å². The van der Waals surface area contributed by atoms with Gasteiger partial charge in [-0.05, 0) is 5.41 Å². The van der Waals surface area contributed by atoms with Crippen LogP contribution in [0.5, 0.6) is 0 Å². The van der Waals surface area contributed by atoms with Crippen LogP contribution in [-0.4, -0.2) is 21.3 Å². The molecule has 1 aliphatic carbocycles. The van der Waals surface area contributed by atoms with Gasteiger partial charge in [0.15, 0.2) is 0 Å². The monoisotopic (exact) mass is 248 g/mol. The molecule has 0 bridgehead atoms. The van der Waals surface area contributed by atoms with E-state index in [1.165, 1.54) is 0 Å². The molecule has 2 N–H and O–H groups in total. The summed E-state index contributed by atoms with van der Waals surface area (Å²) in [7, 11) is 0. The first-order chi connectivity index (χ1) is 7.67. The van der Waals surface area contributed by atoms with Crippen LogP contribution in [0, 0.1) is 11.3 Å². The van der Waals surface area contributed by atoms with Gasteiger partial charge in [0.05, 0.1) is 12.1 Å². The van der Waals surface area contributed by atoms with Crippen molar-refractivity contribution >= 4 is 5.97 Å². The summed E-state index contributed by atoms with van der Waals surface area (Å²) in [6.07, 6.45) is -3.47. The van der Waals surface area contributed by atoms with E-state index >= 15 is 0 Å². The van der Waals surface area contributed by atoms with Gasteiger partial charge in [0, 0.05) is 11.5 Å². The first-order valence-corrected chi connectivity index (χ1v) is 5.00. The average molecular weight is 248 g/mol. The number of nitrogens with zero attached hydrogens (tertiary/aromatic N) is 1. The fourth-order valence-electron chi connectivity index (χ4n) is 2.44. The largest absolute Gasteiger partial charge is 0.481 e. The smallest absolute Gasteiger partial charge is 0.433 e. The molecule has 0 spiro atoms. The van der Waals surface area contributed by atoms with Crippen LogP contribution in [0.3, 0.4) is 0 Å². The Kier molecular flexibility index (Phi) is 2.28. The van der Waals surface area contributed by atoms with E-state index in [2.05, 4.69) is 5.10 Å². The summed E-state index contributed by atoms with van der Waals surface area (Å²) in [6, 6.07) is 0. The Morgan fingerprint density at radius 3 is 2.53 bits per heavy atom. The Balaban J connectivity index is 2.38. The lowest BCUT2D eigenvalue weighted by atomic mass is 10.0. The Bertz CT molecular complexity index is 464. The van der Waals surface area contributed by atoms with Crippen molar-refractivity contribution in [2.45, 2.75) is 25.9 Å². The van der Waals surface area contributed by atoms with Crippen molar-refractivity contribution in [1.82, 2.24) is 10.2 Å². The molecule has 94 valence electrons. The summed E-state index contributed by atoms with van der Waals surface area (Å²) in [5.74, 6) is -2.51. The molecule has 4 nitrogen and oxygen atoms in total. The molecular formula is C10H11F3N2O2. The summed E-state index contributed by atoms with van der Waals surface area (Å²) in [4.78, 5) is 10.9. The van der Waals surface area contributed by atoms with Crippen molar-refractivity contribution in [3.8, 4) is 0 Å². The molecule has 0 unspecified atom stereocenters. The summed E-state index contributed by atoms with van der Waals surface area (Å²) >= 11 is 0. The summed E-state index contributed by atoms with van der Waals surface area (Å²) in [6.45, 7) is 3.28. The molecule has 1 aromatic rings. The molecular weight excluding hydrogens is 237 g/mol. The number of carboxylic acid groups (broad SMARTS) is 1. The molecule has 1 fully saturated rings. The standard InChI is InChI=1S/C10H11F3N2O2/c1-9(2)5(6(9)8(16)17)4-3-14-15-7(4)10(11,12)13/h3,5-6H,1-2H3,(H,14,15)(H,16,17)/t5-,6+/m1/s1. The molecule has 1 heterocycles. The molecule has 2 atom stereocenters. The third-order valence-electron chi connectivity index (χ3n) is 3.38. The maximum atomic E-state index is 12.6. The molecule has 17 heavy (non-hydrogen) atoms. The number of rotatable bonds is 2. The van der Waals surface area contributed by atoms with Crippen molar-refractivity contribution in [2.75, 3.05) is 0 Å². The number of H-pyrrole nitrogens is 1. The Morgan fingerprint density at radius 1 is 1.53 bits per heavy atom. The van der Waals surface area contributed by atoms with Gasteiger partial charge >= 0.3 is 12.1 Å². The zero-order valence-electron chi connectivity index (χ0n) is 9.17. The fraction of sp³-hybridized carbons (Fsp3) is 0.600. The molecule has 0 aromatic carbocycles. The fourth-order valence-corrected chi connectivity index (χ4v) is 2.44. The van der Waals surface area contributed by atoms with Crippen LogP contribution in [0.25, 0.3) is 0 Å². The van der Waals surface area contributed by atoms with Crippen LogP contribution in [-0.2, 0) is 11.0 Å². The number of aromatic nitrogens is 2. The van der Waals surface area contributed by atoms with Crippen molar-refractivity contribution in [3.05, 3.63) is 17.5 Å². The van der Waals surface area contributed by atoms with Crippen molar-refractivity contribution in [3.63, 3.8) is 0 Å². The van der Waals surface area contributed by atoms with Gasteiger partial charge < -0.3 is 5.11 Å². The first-order valence-electron chi connectivity index (χ1n) is 5.00. The van der Waals surface area contributed by atoms with Crippen molar-refractivity contribution < 1.29 is 23.1 Å². The lowest BCUT2D eigenvalue weighted by molar-refractivity contribution is -0.142. The predicted molar refractivity (Wildman–Crippen MR) is 51.2 cm³/mol. The number of hydrogen-bond donors (Lipinski definition) is 2. The SMILES string of the molecule is CC1(C)[C@H](C(=O)O)[C@H]1c1cn[nH]c1C(F)(F)F. The van der Waals surface area contributed by atoms with Crippen LogP contribution in [0.2, 0.25) is 0 Å². The second-order valence-electron chi connectivity index (χ2n) is 4.81. The number of carbonyl (C=O) groups is 1. The number of carboxylic acids is 1. The third-order valence-corrected chi connectivity index (χ3v) is 3.38. The first kappa shape index (κ1) is 11.9. The highest BCUT2D eigenvalue weighted by molar-refractivity contribution is 5.77. The van der Waals surface area contributed by atoms with Gasteiger partial charge in [-0.15, -0.1) is 0 Å². The van der Waals surface area contributed by atoms with Gasteiger partial charge in [0.1, 0.15) is 5.69 Å². The van der Waals surface area contributed by atoms with E-state index in [-0.39, 0.29) is 5.56 Å². The maximum Gasteiger partial charge on any atom is 0.433 e. The van der Waals surface area contributed by atoms with E-state index < -0.39 is 35.1 Å². The number of aromatic amines is 1. The summed E-state index contributed by atoms with van der Waals surface area (Å²) in [5, 5.41) is 14.2. The molecule has 1 aromatic heterocycles. The second kappa shape index (κ2) is 3.24. The van der Waals surface area contributed by atoms with Gasteiger partial charge in [-0.1, -0.05) is 13.8 Å². The van der Waals surface area contributed by atoms with E-state index in [0.29, 0.717) is 0 Å². The zero-order valence-corrected chi connectivity index (χ0v) is 9.17. The molecule has 0 amide bonds. The van der Waals surface area contributed by atoms with E-state index in [0.717, 1.165) is 6.20 Å². The van der Waals surface area contributed by atoms with Crippen molar-refractivity contribution in [1.29, 1.82) is 0 Å². The van der Waals surface area contributed by atoms with Crippen molar-refractivity contribution in [2.24, 2.45) is 11.3 Å². The molecule has 0 aliphatic heterocycles. The minimum Gasteiger partial charge on any atom is -0.481 e. The third kappa shape index (κ3) is 1.69. The Hall–Kier alpha value is -1.53. The minimum atomic E-state index is -4.53. The van der Waals surface area contributed by atoms with Gasteiger partial charge in [-0.3, -0.25) is 9.89 Å². The van der Waals surface area contributed by atoms with E-state index in [1.807, 2.05) is 5.10 Å². The molecule has 2 rings (SSSR count). The van der Waals surface area contributed by atoms with E-state index in [4.69, 9.17) is 5.11 Å². The number of aliphatic carboxylic acids is 1. The van der Waals surface area contributed by atoms with Gasteiger partial charge in [0.25, 0.3) is 0 Å². The highest BCUT2D eigenvalue weighted by atomic mass is 19.4. The zero-order chi connectivity index (χ0) is 13.0. The quantitative estimate of drug-likeness (QED) is 0.843. The number of alkyl halides is 3. The average Bonchev–Trinajstić information content (AvgIpc) is 2.59. The molecule has 0 radical (unpaired) electrons. The lowest BCUT2D eigenvalue weighted by Gasteiger charge is -2.07. The molecule has 0 saturated heterocycles. The number of nitrogens with one attached hydrogen (secondary N) is 1. The topological polar surface area (TPSA) is 66.0 Å². The van der Waals surface area contributed by atoms with Crippen LogP contribution in [0.15, 0.2) is 6.20 Å². The van der Waals surface area contributed by atoms with Gasteiger partial charge in [-0.2, -0.15) is 18.3 Å². The number of hydrogen-bond acceptors (Lipinski definition) is 2.